The van der Waals surface area contributed by atoms with Crippen molar-refractivity contribution >= 4 is 33.2 Å². The van der Waals surface area contributed by atoms with Crippen LogP contribution < -0.4 is 10.7 Å². The summed E-state index contributed by atoms with van der Waals surface area (Å²) in [5.74, 6) is 0.00285. The molecule has 1 aromatic carbocycles. The second-order valence-electron chi connectivity index (χ2n) is 6.59. The normalized spacial score (nSPS) is 16.1. The fourth-order valence-corrected chi connectivity index (χ4v) is 4.69. The van der Waals surface area contributed by atoms with Gasteiger partial charge < -0.3 is 9.73 Å². The summed E-state index contributed by atoms with van der Waals surface area (Å²) in [7, 11) is 0. The summed E-state index contributed by atoms with van der Waals surface area (Å²) in [4.78, 5) is 26.0. The van der Waals surface area contributed by atoms with Gasteiger partial charge in [-0.25, -0.2) is 0 Å². The first-order valence-corrected chi connectivity index (χ1v) is 9.27. The topological polar surface area (TPSA) is 83.1 Å². The molecule has 0 radical (unpaired) electrons. The second-order valence-corrected chi connectivity index (χ2v) is 7.70. The summed E-state index contributed by atoms with van der Waals surface area (Å²) in [6, 6.07) is 10.2. The highest BCUT2D eigenvalue weighted by molar-refractivity contribution is 7.16. The van der Waals surface area contributed by atoms with Gasteiger partial charge in [0.05, 0.1) is 10.9 Å². The van der Waals surface area contributed by atoms with Crippen LogP contribution in [0.3, 0.4) is 0 Å². The summed E-state index contributed by atoms with van der Waals surface area (Å²) in [6.45, 7) is 2.19. The number of carbonyl (C=O) groups is 1. The lowest BCUT2D eigenvalue weighted by molar-refractivity contribution is 0.0997. The van der Waals surface area contributed by atoms with E-state index in [9.17, 15) is 14.9 Å². The van der Waals surface area contributed by atoms with Crippen LogP contribution in [0.5, 0.6) is 0 Å². The Labute approximate surface area is 153 Å². The Morgan fingerprint density at radius 1 is 1.38 bits per heavy atom. The molecule has 130 valence electrons. The standard InChI is InChI=1S/C20H16N2O3S/c1-11-6-7-12-14(10-21)20(26-18(12)8-11)22-19(24)17-9-15(23)13-4-2-3-5-16(13)25-17/h2-5,9,11H,6-8H2,1H3,(H,22,24)/t11-/m0/s1. The fourth-order valence-electron chi connectivity index (χ4n) is 3.34. The minimum Gasteiger partial charge on any atom is -0.451 e. The third kappa shape index (κ3) is 2.80. The monoisotopic (exact) mass is 364 g/mol. The minimum atomic E-state index is -0.518. The predicted molar refractivity (Wildman–Crippen MR) is 101 cm³/mol. The zero-order valence-corrected chi connectivity index (χ0v) is 15.0. The molecule has 26 heavy (non-hydrogen) atoms. The lowest BCUT2D eigenvalue weighted by Crippen LogP contribution is -2.15. The van der Waals surface area contributed by atoms with Crippen LogP contribution in [0.1, 0.15) is 39.9 Å². The van der Waals surface area contributed by atoms with Gasteiger partial charge >= 0.3 is 0 Å². The van der Waals surface area contributed by atoms with Crippen molar-refractivity contribution in [1.29, 1.82) is 5.26 Å². The Balaban J connectivity index is 1.69. The number of hydrogen-bond donors (Lipinski definition) is 1. The number of fused-ring (bicyclic) bond motifs is 2. The van der Waals surface area contributed by atoms with Gasteiger partial charge in [0.15, 0.2) is 11.2 Å². The highest BCUT2D eigenvalue weighted by Crippen LogP contribution is 2.39. The van der Waals surface area contributed by atoms with Crippen LogP contribution in [-0.4, -0.2) is 5.91 Å². The van der Waals surface area contributed by atoms with E-state index in [2.05, 4.69) is 18.3 Å². The second kappa shape index (κ2) is 6.43. The van der Waals surface area contributed by atoms with Gasteiger partial charge in [-0.3, -0.25) is 9.59 Å². The molecule has 1 N–H and O–H groups in total. The summed E-state index contributed by atoms with van der Waals surface area (Å²) in [5.41, 5.74) is 1.68. The number of anilines is 1. The molecule has 0 unspecified atom stereocenters. The Hall–Kier alpha value is -2.91. The molecule has 6 heteroatoms. The largest absolute Gasteiger partial charge is 0.451 e. The molecule has 3 aromatic rings. The maximum atomic E-state index is 12.6. The summed E-state index contributed by atoms with van der Waals surface area (Å²) in [5, 5.41) is 13.3. The summed E-state index contributed by atoms with van der Waals surface area (Å²) < 4.78 is 5.58. The van der Waals surface area contributed by atoms with E-state index < -0.39 is 5.91 Å². The van der Waals surface area contributed by atoms with Gasteiger partial charge in [-0.05, 0) is 42.9 Å². The molecule has 4 rings (SSSR count). The van der Waals surface area contributed by atoms with Crippen molar-refractivity contribution in [2.45, 2.75) is 26.2 Å². The van der Waals surface area contributed by atoms with E-state index in [1.807, 2.05) is 0 Å². The van der Waals surface area contributed by atoms with E-state index in [1.54, 1.807) is 24.3 Å². The predicted octanol–water partition coefficient (Wildman–Crippen LogP) is 4.10. The Kier molecular flexibility index (Phi) is 4.09. The molecule has 1 aliphatic carbocycles. The molecular formula is C20H16N2O3S. The molecule has 0 saturated heterocycles. The van der Waals surface area contributed by atoms with Crippen LogP contribution in [0.2, 0.25) is 0 Å². The van der Waals surface area contributed by atoms with E-state index in [4.69, 9.17) is 4.42 Å². The van der Waals surface area contributed by atoms with Crippen molar-refractivity contribution in [2.24, 2.45) is 5.92 Å². The molecule has 0 spiro atoms. The van der Waals surface area contributed by atoms with E-state index in [-0.39, 0.29) is 11.2 Å². The van der Waals surface area contributed by atoms with Crippen LogP contribution in [0.15, 0.2) is 39.5 Å². The molecular weight excluding hydrogens is 348 g/mol. The highest BCUT2D eigenvalue weighted by atomic mass is 32.1. The first kappa shape index (κ1) is 16.6. The number of nitrogens with one attached hydrogen (secondary N) is 1. The zero-order valence-electron chi connectivity index (χ0n) is 14.2. The number of nitrogens with zero attached hydrogens (tertiary/aromatic N) is 1. The van der Waals surface area contributed by atoms with Crippen LogP contribution in [0.25, 0.3) is 11.0 Å². The van der Waals surface area contributed by atoms with E-state index in [0.29, 0.717) is 27.5 Å². The van der Waals surface area contributed by atoms with E-state index >= 15 is 0 Å². The number of nitriles is 1. The molecule has 1 atom stereocenters. The van der Waals surface area contributed by atoms with Crippen LogP contribution >= 0.6 is 11.3 Å². The molecule has 0 aliphatic heterocycles. The lowest BCUT2D eigenvalue weighted by Gasteiger charge is -2.17. The number of hydrogen-bond acceptors (Lipinski definition) is 5. The zero-order chi connectivity index (χ0) is 18.3. The Bertz CT molecular complexity index is 1120. The van der Waals surface area contributed by atoms with Crippen molar-refractivity contribution in [3.05, 3.63) is 62.3 Å². The van der Waals surface area contributed by atoms with Gasteiger partial charge in [-0.1, -0.05) is 19.1 Å². The van der Waals surface area contributed by atoms with Gasteiger partial charge in [0.25, 0.3) is 5.91 Å². The van der Waals surface area contributed by atoms with Crippen LogP contribution in [-0.2, 0) is 12.8 Å². The number of thiophene rings is 1. The molecule has 1 aliphatic rings. The average molecular weight is 364 g/mol. The van der Waals surface area contributed by atoms with Crippen molar-refractivity contribution < 1.29 is 9.21 Å². The summed E-state index contributed by atoms with van der Waals surface area (Å²) >= 11 is 1.45. The Morgan fingerprint density at radius 2 is 2.19 bits per heavy atom. The maximum absolute atomic E-state index is 12.6. The van der Waals surface area contributed by atoms with Gasteiger partial charge in [0, 0.05) is 10.9 Å². The van der Waals surface area contributed by atoms with Gasteiger partial charge in [0.1, 0.15) is 16.7 Å². The summed E-state index contributed by atoms with van der Waals surface area (Å²) in [6.07, 6.45) is 2.83. The fraction of sp³-hybridized carbons (Fsp3) is 0.250. The first-order valence-electron chi connectivity index (χ1n) is 8.45. The maximum Gasteiger partial charge on any atom is 0.292 e. The van der Waals surface area contributed by atoms with Gasteiger partial charge in [0.2, 0.25) is 0 Å². The number of amides is 1. The SMILES string of the molecule is C[C@H]1CCc2c(sc(NC(=O)c3cc(=O)c4ccccc4o3)c2C#N)C1. The highest BCUT2D eigenvalue weighted by Gasteiger charge is 2.25. The van der Waals surface area contributed by atoms with Gasteiger partial charge in [-0.2, -0.15) is 5.26 Å². The number of para-hydroxylation sites is 1. The number of rotatable bonds is 2. The molecule has 0 fully saturated rings. The third-order valence-electron chi connectivity index (χ3n) is 4.71. The molecule has 5 nitrogen and oxygen atoms in total. The molecule has 1 amide bonds. The molecule has 2 aromatic heterocycles. The third-order valence-corrected chi connectivity index (χ3v) is 5.88. The van der Waals surface area contributed by atoms with Crippen molar-refractivity contribution in [2.75, 3.05) is 5.32 Å². The molecule has 2 heterocycles. The lowest BCUT2D eigenvalue weighted by atomic mass is 9.89. The van der Waals surface area contributed by atoms with Crippen LogP contribution in [0, 0.1) is 17.2 Å². The molecule has 0 saturated carbocycles. The van der Waals surface area contributed by atoms with E-state index in [0.717, 1.165) is 29.7 Å². The van der Waals surface area contributed by atoms with Gasteiger partial charge in [-0.15, -0.1) is 11.3 Å². The smallest absolute Gasteiger partial charge is 0.292 e. The van der Waals surface area contributed by atoms with Crippen molar-refractivity contribution in [3.63, 3.8) is 0 Å². The van der Waals surface area contributed by atoms with Crippen LogP contribution in [0.4, 0.5) is 5.00 Å². The molecule has 0 bridgehead atoms. The average Bonchev–Trinajstić information content (AvgIpc) is 2.97. The van der Waals surface area contributed by atoms with E-state index in [1.165, 1.54) is 17.4 Å². The quantitative estimate of drug-likeness (QED) is 0.742. The van der Waals surface area contributed by atoms with Crippen molar-refractivity contribution in [1.82, 2.24) is 0 Å². The minimum absolute atomic E-state index is 0.0580. The number of benzene rings is 1. The van der Waals surface area contributed by atoms with Crippen molar-refractivity contribution in [3.8, 4) is 6.07 Å². The Morgan fingerprint density at radius 3 is 3.00 bits per heavy atom. The first-order chi connectivity index (χ1) is 12.6. The number of carbonyl (C=O) groups excluding carboxylic acids is 1.